The third-order valence-electron chi connectivity index (χ3n) is 2.97. The number of carbonyl (C=O) groups is 1. The molecule has 118 valence electrons. The second-order valence-electron chi connectivity index (χ2n) is 4.62. The van der Waals surface area contributed by atoms with Crippen molar-refractivity contribution in [2.24, 2.45) is 16.5 Å². The molecule has 0 saturated carbocycles. The van der Waals surface area contributed by atoms with Crippen LogP contribution in [0, 0.1) is 0 Å². The van der Waals surface area contributed by atoms with Gasteiger partial charge in [-0.25, -0.2) is 0 Å². The number of aliphatic imine (C=N–C) groups is 1. The summed E-state index contributed by atoms with van der Waals surface area (Å²) in [5.74, 6) is -1.83. The van der Waals surface area contributed by atoms with E-state index in [0.29, 0.717) is 9.95 Å². The Bertz CT molecular complexity index is 746. The van der Waals surface area contributed by atoms with Crippen molar-refractivity contribution in [1.29, 1.82) is 0 Å². The third-order valence-corrected chi connectivity index (χ3v) is 2.97. The first-order valence-corrected chi connectivity index (χ1v) is 6.17. The van der Waals surface area contributed by atoms with Crippen LogP contribution in [0.3, 0.4) is 0 Å². The summed E-state index contributed by atoms with van der Waals surface area (Å²) >= 11 is 0. The maximum Gasteiger partial charge on any atom is 0.406 e. The minimum absolute atomic E-state index is 0.000394. The molecule has 0 aliphatic carbocycles. The predicted molar refractivity (Wildman–Crippen MR) is 74.2 cm³/mol. The molecule has 0 unspecified atom stereocenters. The first kappa shape index (κ1) is 15.7. The molecule has 0 saturated heterocycles. The lowest BCUT2D eigenvalue weighted by Crippen LogP contribution is -2.25. The van der Waals surface area contributed by atoms with Crippen LogP contribution in [0.2, 0.25) is 0 Å². The van der Waals surface area contributed by atoms with Gasteiger partial charge in [0.1, 0.15) is 6.54 Å². The minimum atomic E-state index is -4.56. The summed E-state index contributed by atoms with van der Waals surface area (Å²) in [4.78, 5) is 15.0. The largest absolute Gasteiger partial charge is 0.494 e. The second-order valence-corrected chi connectivity index (χ2v) is 4.62. The molecule has 1 heterocycles. The van der Waals surface area contributed by atoms with Gasteiger partial charge in [-0.2, -0.15) is 18.2 Å². The van der Waals surface area contributed by atoms with Crippen molar-refractivity contribution >= 4 is 22.6 Å². The SMILES string of the molecule is NC(N)=NC(=O)Cc1c2ccccc2c(O)n1CC(F)(F)F. The number of halogens is 3. The Morgan fingerprint density at radius 2 is 1.82 bits per heavy atom. The Balaban J connectivity index is 2.56. The maximum atomic E-state index is 12.7. The average molecular weight is 314 g/mol. The highest BCUT2D eigenvalue weighted by atomic mass is 19.4. The molecule has 22 heavy (non-hydrogen) atoms. The third kappa shape index (κ3) is 3.30. The second kappa shape index (κ2) is 5.58. The lowest BCUT2D eigenvalue weighted by atomic mass is 10.1. The van der Waals surface area contributed by atoms with Gasteiger partial charge in [0.2, 0.25) is 0 Å². The Morgan fingerprint density at radius 3 is 2.36 bits per heavy atom. The zero-order valence-corrected chi connectivity index (χ0v) is 11.3. The van der Waals surface area contributed by atoms with Gasteiger partial charge < -0.3 is 21.1 Å². The highest BCUT2D eigenvalue weighted by molar-refractivity contribution is 5.97. The van der Waals surface area contributed by atoms with Crippen molar-refractivity contribution in [3.8, 4) is 5.88 Å². The summed E-state index contributed by atoms with van der Waals surface area (Å²) in [6, 6.07) is 6.14. The molecule has 6 nitrogen and oxygen atoms in total. The van der Waals surface area contributed by atoms with Crippen molar-refractivity contribution in [1.82, 2.24) is 4.57 Å². The van der Waals surface area contributed by atoms with Crippen LogP contribution in [0.4, 0.5) is 13.2 Å². The highest BCUT2D eigenvalue weighted by Crippen LogP contribution is 2.34. The number of hydrogen-bond acceptors (Lipinski definition) is 2. The summed E-state index contributed by atoms with van der Waals surface area (Å²) < 4.78 is 38.7. The van der Waals surface area contributed by atoms with Gasteiger partial charge in [0.05, 0.1) is 6.42 Å². The average Bonchev–Trinajstić information content (AvgIpc) is 2.62. The fraction of sp³-hybridized carbons (Fsp3) is 0.231. The van der Waals surface area contributed by atoms with Gasteiger partial charge in [-0.1, -0.05) is 18.2 Å². The van der Waals surface area contributed by atoms with E-state index in [0.717, 1.165) is 0 Å². The van der Waals surface area contributed by atoms with E-state index < -0.39 is 36.9 Å². The van der Waals surface area contributed by atoms with Crippen LogP contribution in [0.15, 0.2) is 29.3 Å². The lowest BCUT2D eigenvalue weighted by Gasteiger charge is -2.12. The molecule has 2 rings (SSSR count). The Kier molecular flexibility index (Phi) is 3.98. The molecule has 0 radical (unpaired) electrons. The lowest BCUT2D eigenvalue weighted by molar-refractivity contribution is -0.142. The fourth-order valence-electron chi connectivity index (χ4n) is 2.22. The van der Waals surface area contributed by atoms with E-state index in [9.17, 15) is 23.1 Å². The van der Waals surface area contributed by atoms with Gasteiger partial charge in [0, 0.05) is 16.5 Å². The summed E-state index contributed by atoms with van der Waals surface area (Å²) in [5.41, 5.74) is 10.2. The topological polar surface area (TPSA) is 107 Å². The number of hydrogen-bond donors (Lipinski definition) is 3. The van der Waals surface area contributed by atoms with Crippen molar-refractivity contribution < 1.29 is 23.1 Å². The van der Waals surface area contributed by atoms with Crippen LogP contribution < -0.4 is 11.5 Å². The van der Waals surface area contributed by atoms with Gasteiger partial charge in [-0.3, -0.25) is 4.79 Å². The Hall–Kier alpha value is -2.71. The summed E-state index contributed by atoms with van der Waals surface area (Å²) in [7, 11) is 0. The Labute approximate surface area is 122 Å². The quantitative estimate of drug-likeness (QED) is 0.585. The highest BCUT2D eigenvalue weighted by Gasteiger charge is 2.31. The monoisotopic (exact) mass is 314 g/mol. The number of carbonyl (C=O) groups excluding carboxylic acids is 1. The number of amides is 1. The number of nitrogens with two attached hydrogens (primary N) is 2. The van der Waals surface area contributed by atoms with Gasteiger partial charge >= 0.3 is 6.18 Å². The van der Waals surface area contributed by atoms with Crippen LogP contribution in [0.5, 0.6) is 5.88 Å². The number of fused-ring (bicyclic) bond motifs is 1. The van der Waals surface area contributed by atoms with Crippen molar-refractivity contribution in [3.05, 3.63) is 30.0 Å². The minimum Gasteiger partial charge on any atom is -0.494 e. The molecular weight excluding hydrogens is 301 g/mol. The predicted octanol–water partition coefficient (Wildman–Crippen LogP) is 1.25. The standard InChI is InChI=1S/C13H13F3N4O2/c14-13(15,16)6-20-9(5-10(21)19-12(17)18)7-3-1-2-4-8(7)11(20)22/h1-4,22H,5-6H2,(H4,17,18,19,21). The molecular formula is C13H13F3N4O2. The summed E-state index contributed by atoms with van der Waals surface area (Å²) in [5, 5.41) is 10.6. The van der Waals surface area contributed by atoms with Crippen LogP contribution in [0.1, 0.15) is 5.69 Å². The van der Waals surface area contributed by atoms with E-state index in [1.165, 1.54) is 12.1 Å². The number of benzene rings is 1. The van der Waals surface area contributed by atoms with E-state index >= 15 is 0 Å². The van der Waals surface area contributed by atoms with E-state index in [2.05, 4.69) is 4.99 Å². The van der Waals surface area contributed by atoms with Crippen molar-refractivity contribution in [3.63, 3.8) is 0 Å². The molecule has 9 heteroatoms. The van der Waals surface area contributed by atoms with E-state index in [1.807, 2.05) is 0 Å². The molecule has 0 bridgehead atoms. The normalized spacial score (nSPS) is 11.6. The van der Waals surface area contributed by atoms with Crippen LogP contribution in [-0.4, -0.2) is 27.7 Å². The van der Waals surface area contributed by atoms with Gasteiger partial charge in [-0.15, -0.1) is 0 Å². The van der Waals surface area contributed by atoms with Gasteiger partial charge in [0.15, 0.2) is 11.8 Å². The molecule has 2 aromatic rings. The van der Waals surface area contributed by atoms with Crippen LogP contribution in [0.25, 0.3) is 10.8 Å². The molecule has 0 aliphatic rings. The van der Waals surface area contributed by atoms with Gasteiger partial charge in [-0.05, 0) is 6.07 Å². The molecule has 0 fully saturated rings. The number of guanidine groups is 1. The molecule has 1 amide bonds. The Morgan fingerprint density at radius 1 is 1.23 bits per heavy atom. The smallest absolute Gasteiger partial charge is 0.406 e. The molecule has 0 atom stereocenters. The molecule has 1 aromatic heterocycles. The molecule has 0 spiro atoms. The molecule has 0 aliphatic heterocycles. The van der Waals surface area contributed by atoms with Crippen molar-refractivity contribution in [2.75, 3.05) is 0 Å². The van der Waals surface area contributed by atoms with E-state index in [1.54, 1.807) is 12.1 Å². The maximum absolute atomic E-state index is 12.7. The van der Waals surface area contributed by atoms with Gasteiger partial charge in [0.25, 0.3) is 5.91 Å². The number of alkyl halides is 3. The molecule has 5 N–H and O–H groups in total. The van der Waals surface area contributed by atoms with E-state index in [-0.39, 0.29) is 11.1 Å². The van der Waals surface area contributed by atoms with Crippen molar-refractivity contribution in [2.45, 2.75) is 19.1 Å². The van der Waals surface area contributed by atoms with E-state index in [4.69, 9.17) is 11.5 Å². The fourth-order valence-corrected chi connectivity index (χ4v) is 2.22. The van der Waals surface area contributed by atoms with Crippen LogP contribution in [-0.2, 0) is 17.8 Å². The zero-order valence-electron chi connectivity index (χ0n) is 11.3. The number of nitrogens with zero attached hydrogens (tertiary/aromatic N) is 2. The summed E-state index contributed by atoms with van der Waals surface area (Å²) in [6.45, 7) is -1.42. The first-order valence-electron chi connectivity index (χ1n) is 6.17. The van der Waals surface area contributed by atoms with Crippen LogP contribution >= 0.6 is 0 Å². The molecule has 1 aromatic carbocycles. The summed E-state index contributed by atoms with van der Waals surface area (Å²) in [6.07, 6.45) is -5.02. The zero-order chi connectivity index (χ0) is 16.5. The number of aromatic hydroxyl groups is 1. The first-order chi connectivity index (χ1) is 10.2. The number of rotatable bonds is 3. The number of aromatic nitrogens is 1.